The lowest BCUT2D eigenvalue weighted by Gasteiger charge is -2.11. The van der Waals surface area contributed by atoms with Gasteiger partial charge in [0.2, 0.25) is 5.89 Å². The standard InChI is InChI=1S/C13H13N3O5/c1-7-4-3-5-9(12(18)19)11(7)20-6-10(17)14-13-16-15-8(2)21-13/h3-5H,6H2,1-2H3,(H,18,19)(H,14,16,17). The first-order valence-electron chi connectivity index (χ1n) is 6.03. The molecule has 1 aromatic carbocycles. The quantitative estimate of drug-likeness (QED) is 0.855. The van der Waals surface area contributed by atoms with Crippen LogP contribution in [0.1, 0.15) is 21.8 Å². The van der Waals surface area contributed by atoms with Crippen molar-refractivity contribution < 1.29 is 23.8 Å². The van der Waals surface area contributed by atoms with E-state index in [-0.39, 0.29) is 23.9 Å². The van der Waals surface area contributed by atoms with Gasteiger partial charge >= 0.3 is 12.0 Å². The number of benzene rings is 1. The van der Waals surface area contributed by atoms with Gasteiger partial charge in [0.15, 0.2) is 6.61 Å². The van der Waals surface area contributed by atoms with Crippen molar-refractivity contribution in [3.05, 3.63) is 35.2 Å². The summed E-state index contributed by atoms with van der Waals surface area (Å²) in [5, 5.41) is 18.6. The van der Waals surface area contributed by atoms with Crippen LogP contribution in [0.15, 0.2) is 22.6 Å². The average molecular weight is 291 g/mol. The number of nitrogens with one attached hydrogen (secondary N) is 1. The minimum Gasteiger partial charge on any atom is -0.483 e. The van der Waals surface area contributed by atoms with Crippen LogP contribution in [0.2, 0.25) is 0 Å². The lowest BCUT2D eigenvalue weighted by Crippen LogP contribution is -2.21. The van der Waals surface area contributed by atoms with Gasteiger partial charge in [0.05, 0.1) is 0 Å². The lowest BCUT2D eigenvalue weighted by atomic mass is 10.1. The van der Waals surface area contributed by atoms with Gasteiger partial charge in [-0.15, -0.1) is 5.10 Å². The van der Waals surface area contributed by atoms with Gasteiger partial charge in [-0.3, -0.25) is 10.1 Å². The summed E-state index contributed by atoms with van der Waals surface area (Å²) in [5.41, 5.74) is 0.618. The highest BCUT2D eigenvalue weighted by Crippen LogP contribution is 2.23. The maximum atomic E-state index is 11.7. The van der Waals surface area contributed by atoms with Gasteiger partial charge in [0.1, 0.15) is 11.3 Å². The summed E-state index contributed by atoms with van der Waals surface area (Å²) in [6.45, 7) is 2.92. The molecule has 110 valence electrons. The molecule has 21 heavy (non-hydrogen) atoms. The molecule has 8 heteroatoms. The Labute approximate surface area is 119 Å². The Hall–Kier alpha value is -2.90. The van der Waals surface area contributed by atoms with Crippen LogP contribution in [0.3, 0.4) is 0 Å². The Kier molecular flexibility index (Phi) is 4.17. The summed E-state index contributed by atoms with van der Waals surface area (Å²) in [4.78, 5) is 22.8. The molecule has 1 amide bonds. The first-order valence-corrected chi connectivity index (χ1v) is 6.03. The number of nitrogens with zero attached hydrogens (tertiary/aromatic N) is 2. The van der Waals surface area contributed by atoms with E-state index in [1.54, 1.807) is 26.0 Å². The second-order valence-corrected chi connectivity index (χ2v) is 4.22. The zero-order valence-electron chi connectivity index (χ0n) is 11.4. The Bertz CT molecular complexity index is 680. The molecule has 2 rings (SSSR count). The molecule has 0 atom stereocenters. The fourth-order valence-corrected chi connectivity index (χ4v) is 1.65. The van der Waals surface area contributed by atoms with Gasteiger partial charge in [-0.1, -0.05) is 17.2 Å². The number of amides is 1. The molecule has 0 bridgehead atoms. The SMILES string of the molecule is Cc1nnc(NC(=O)COc2c(C)cccc2C(=O)O)o1. The fraction of sp³-hybridized carbons (Fsp3) is 0.231. The smallest absolute Gasteiger partial charge is 0.339 e. The van der Waals surface area contributed by atoms with Gasteiger partial charge in [0.25, 0.3) is 5.91 Å². The number of carboxylic acid groups (broad SMARTS) is 1. The minimum absolute atomic E-state index is 0.00330. The molecule has 0 aliphatic carbocycles. The first kappa shape index (κ1) is 14.5. The van der Waals surface area contributed by atoms with E-state index in [0.717, 1.165) is 0 Å². The van der Waals surface area contributed by atoms with Crippen LogP contribution in [0.5, 0.6) is 5.75 Å². The van der Waals surface area contributed by atoms with Crippen LogP contribution in [-0.2, 0) is 4.79 Å². The molecule has 0 saturated heterocycles. The Balaban J connectivity index is 2.03. The molecule has 0 unspecified atom stereocenters. The highest BCUT2D eigenvalue weighted by atomic mass is 16.5. The third kappa shape index (κ3) is 3.56. The first-order chi connectivity index (χ1) is 9.97. The van der Waals surface area contributed by atoms with E-state index >= 15 is 0 Å². The third-order valence-corrected chi connectivity index (χ3v) is 2.56. The molecule has 0 spiro atoms. The second kappa shape index (κ2) is 6.04. The van der Waals surface area contributed by atoms with Crippen LogP contribution in [0.25, 0.3) is 0 Å². The van der Waals surface area contributed by atoms with Gasteiger partial charge in [-0.2, -0.15) is 0 Å². The number of anilines is 1. The van der Waals surface area contributed by atoms with Gasteiger partial charge in [0, 0.05) is 6.92 Å². The van der Waals surface area contributed by atoms with Crippen molar-refractivity contribution in [1.82, 2.24) is 10.2 Å². The molecule has 0 radical (unpaired) electrons. The van der Waals surface area contributed by atoms with Crippen molar-refractivity contribution in [2.75, 3.05) is 11.9 Å². The number of ether oxygens (including phenoxy) is 1. The van der Waals surface area contributed by atoms with E-state index in [2.05, 4.69) is 15.5 Å². The molecular formula is C13H13N3O5. The van der Waals surface area contributed by atoms with Crippen molar-refractivity contribution in [2.45, 2.75) is 13.8 Å². The Morgan fingerprint density at radius 2 is 2.10 bits per heavy atom. The summed E-state index contributed by atoms with van der Waals surface area (Å²) in [7, 11) is 0. The molecule has 2 N–H and O–H groups in total. The van der Waals surface area contributed by atoms with Crippen molar-refractivity contribution in [3.8, 4) is 5.75 Å². The van der Waals surface area contributed by atoms with E-state index in [0.29, 0.717) is 11.5 Å². The fourth-order valence-electron chi connectivity index (χ4n) is 1.65. The summed E-state index contributed by atoms with van der Waals surface area (Å²) in [6.07, 6.45) is 0. The molecule has 2 aromatic rings. The number of hydrogen-bond acceptors (Lipinski definition) is 6. The number of carbonyl (C=O) groups is 2. The zero-order chi connectivity index (χ0) is 15.4. The summed E-state index contributed by atoms with van der Waals surface area (Å²) in [6, 6.07) is 4.67. The topological polar surface area (TPSA) is 115 Å². The van der Waals surface area contributed by atoms with E-state index in [1.807, 2.05) is 0 Å². The normalized spacial score (nSPS) is 10.2. The molecule has 1 heterocycles. The summed E-state index contributed by atoms with van der Waals surface area (Å²) in [5.74, 6) is -1.18. The van der Waals surface area contributed by atoms with Crippen LogP contribution in [0.4, 0.5) is 6.01 Å². The third-order valence-electron chi connectivity index (χ3n) is 2.56. The summed E-state index contributed by atoms with van der Waals surface area (Å²) < 4.78 is 10.3. The molecule has 0 saturated carbocycles. The lowest BCUT2D eigenvalue weighted by molar-refractivity contribution is -0.118. The Morgan fingerprint density at radius 3 is 2.71 bits per heavy atom. The summed E-state index contributed by atoms with van der Waals surface area (Å²) >= 11 is 0. The number of aryl methyl sites for hydroxylation is 2. The number of aromatic carboxylic acids is 1. The van der Waals surface area contributed by atoms with Crippen LogP contribution < -0.4 is 10.1 Å². The number of rotatable bonds is 5. The van der Waals surface area contributed by atoms with Crippen molar-refractivity contribution in [2.24, 2.45) is 0 Å². The highest BCUT2D eigenvalue weighted by Gasteiger charge is 2.15. The highest BCUT2D eigenvalue weighted by molar-refractivity contribution is 5.92. The predicted molar refractivity (Wildman–Crippen MR) is 71.3 cm³/mol. The zero-order valence-corrected chi connectivity index (χ0v) is 11.4. The van der Waals surface area contributed by atoms with E-state index in [4.69, 9.17) is 14.3 Å². The van der Waals surface area contributed by atoms with Crippen LogP contribution in [-0.4, -0.2) is 33.8 Å². The molecule has 1 aromatic heterocycles. The van der Waals surface area contributed by atoms with Crippen molar-refractivity contribution >= 4 is 17.9 Å². The number of carbonyl (C=O) groups excluding carboxylic acids is 1. The largest absolute Gasteiger partial charge is 0.483 e. The number of carboxylic acids is 1. The molecular weight excluding hydrogens is 278 g/mol. The van der Waals surface area contributed by atoms with E-state index in [1.165, 1.54) is 6.07 Å². The maximum Gasteiger partial charge on any atom is 0.339 e. The van der Waals surface area contributed by atoms with Crippen molar-refractivity contribution in [3.63, 3.8) is 0 Å². The average Bonchev–Trinajstić information content (AvgIpc) is 2.82. The molecule has 0 fully saturated rings. The minimum atomic E-state index is -1.12. The maximum absolute atomic E-state index is 11.7. The molecule has 8 nitrogen and oxygen atoms in total. The monoisotopic (exact) mass is 291 g/mol. The predicted octanol–water partition coefficient (Wildman–Crippen LogP) is 1.40. The number of hydrogen-bond donors (Lipinski definition) is 2. The van der Waals surface area contributed by atoms with E-state index < -0.39 is 11.9 Å². The van der Waals surface area contributed by atoms with Crippen LogP contribution >= 0.6 is 0 Å². The molecule has 0 aliphatic rings. The van der Waals surface area contributed by atoms with E-state index in [9.17, 15) is 9.59 Å². The Morgan fingerprint density at radius 1 is 1.33 bits per heavy atom. The van der Waals surface area contributed by atoms with Crippen LogP contribution in [0, 0.1) is 13.8 Å². The van der Waals surface area contributed by atoms with Gasteiger partial charge in [-0.05, 0) is 18.6 Å². The van der Waals surface area contributed by atoms with Crippen molar-refractivity contribution in [1.29, 1.82) is 0 Å². The number of aromatic nitrogens is 2. The van der Waals surface area contributed by atoms with Gasteiger partial charge in [-0.25, -0.2) is 4.79 Å². The second-order valence-electron chi connectivity index (χ2n) is 4.22. The molecule has 0 aliphatic heterocycles. The number of para-hydroxylation sites is 1. The van der Waals surface area contributed by atoms with Gasteiger partial charge < -0.3 is 14.3 Å².